The first-order chi connectivity index (χ1) is 9.22. The average Bonchev–Trinajstić information content (AvgIpc) is 2.96. The number of carbonyl (C=O) groups is 1. The molecule has 0 saturated heterocycles. The van der Waals surface area contributed by atoms with Gasteiger partial charge in [-0.25, -0.2) is 4.98 Å². The van der Waals surface area contributed by atoms with E-state index in [9.17, 15) is 4.79 Å². The lowest BCUT2D eigenvalue weighted by Gasteiger charge is -2.03. The summed E-state index contributed by atoms with van der Waals surface area (Å²) in [6.07, 6.45) is 5.29. The van der Waals surface area contributed by atoms with E-state index in [2.05, 4.69) is 32.3 Å². The quantitative estimate of drug-likeness (QED) is 0.873. The SMILES string of the molecule is O=C(NCc1cc2c(s1)CCC2)c1ccnc(Br)c1. The number of nitrogens with one attached hydrogen (secondary N) is 1. The molecular formula is C14H13BrN2OS. The van der Waals surface area contributed by atoms with Gasteiger partial charge < -0.3 is 5.32 Å². The second-order valence-corrected chi connectivity index (χ2v) is 6.60. The number of aromatic nitrogens is 1. The third kappa shape index (κ3) is 2.87. The van der Waals surface area contributed by atoms with Crippen molar-refractivity contribution in [1.82, 2.24) is 10.3 Å². The standard InChI is InChI=1S/C14H13BrN2OS/c15-13-7-10(4-5-16-13)14(18)17-8-11-6-9-2-1-3-12(9)19-11/h4-7H,1-3,8H2,(H,17,18). The smallest absolute Gasteiger partial charge is 0.251 e. The monoisotopic (exact) mass is 336 g/mol. The summed E-state index contributed by atoms with van der Waals surface area (Å²) in [6, 6.07) is 5.67. The Labute approximate surface area is 124 Å². The van der Waals surface area contributed by atoms with Gasteiger partial charge in [-0.15, -0.1) is 11.3 Å². The first-order valence-electron chi connectivity index (χ1n) is 6.22. The minimum absolute atomic E-state index is 0.0586. The summed E-state index contributed by atoms with van der Waals surface area (Å²) in [6.45, 7) is 0.608. The molecule has 5 heteroatoms. The Balaban J connectivity index is 1.64. The maximum absolute atomic E-state index is 12.0. The van der Waals surface area contributed by atoms with Crippen LogP contribution in [0.1, 0.15) is 32.1 Å². The van der Waals surface area contributed by atoms with Gasteiger partial charge in [0.15, 0.2) is 0 Å². The van der Waals surface area contributed by atoms with Crippen LogP contribution in [-0.4, -0.2) is 10.9 Å². The van der Waals surface area contributed by atoms with Gasteiger partial charge in [-0.1, -0.05) is 0 Å². The van der Waals surface area contributed by atoms with Crippen molar-refractivity contribution in [3.8, 4) is 0 Å². The van der Waals surface area contributed by atoms with Crippen molar-refractivity contribution in [2.24, 2.45) is 0 Å². The highest BCUT2D eigenvalue weighted by molar-refractivity contribution is 9.10. The number of thiophene rings is 1. The van der Waals surface area contributed by atoms with E-state index in [0.717, 1.165) is 0 Å². The molecule has 2 aromatic rings. The second-order valence-electron chi connectivity index (χ2n) is 4.56. The molecule has 2 heterocycles. The number of aryl methyl sites for hydroxylation is 2. The van der Waals surface area contributed by atoms with Crippen molar-refractivity contribution in [3.05, 3.63) is 49.9 Å². The summed E-state index contributed by atoms with van der Waals surface area (Å²) in [5.74, 6) is -0.0586. The minimum atomic E-state index is -0.0586. The van der Waals surface area contributed by atoms with E-state index in [1.54, 1.807) is 18.3 Å². The third-order valence-corrected chi connectivity index (χ3v) is 4.88. The molecule has 0 aliphatic heterocycles. The molecular weight excluding hydrogens is 324 g/mol. The Bertz CT molecular complexity index is 602. The lowest BCUT2D eigenvalue weighted by molar-refractivity contribution is 0.0951. The van der Waals surface area contributed by atoms with Gasteiger partial charge in [-0.3, -0.25) is 4.79 Å². The largest absolute Gasteiger partial charge is 0.347 e. The number of fused-ring (bicyclic) bond motifs is 1. The maximum Gasteiger partial charge on any atom is 0.251 e. The van der Waals surface area contributed by atoms with Crippen LogP contribution in [0.5, 0.6) is 0 Å². The van der Waals surface area contributed by atoms with Crippen molar-refractivity contribution in [3.63, 3.8) is 0 Å². The lowest BCUT2D eigenvalue weighted by atomic mass is 10.2. The minimum Gasteiger partial charge on any atom is -0.347 e. The average molecular weight is 337 g/mol. The fraction of sp³-hybridized carbons (Fsp3) is 0.286. The summed E-state index contributed by atoms with van der Waals surface area (Å²) in [5, 5.41) is 2.95. The molecule has 19 heavy (non-hydrogen) atoms. The predicted molar refractivity (Wildman–Crippen MR) is 79.5 cm³/mol. The number of carbonyl (C=O) groups excluding carboxylic acids is 1. The maximum atomic E-state index is 12.0. The van der Waals surface area contributed by atoms with Crippen LogP contribution in [0.15, 0.2) is 29.0 Å². The van der Waals surface area contributed by atoms with Crippen molar-refractivity contribution in [1.29, 1.82) is 0 Å². The molecule has 1 aliphatic rings. The summed E-state index contributed by atoms with van der Waals surface area (Å²) >= 11 is 5.09. The molecule has 0 spiro atoms. The van der Waals surface area contributed by atoms with Crippen LogP contribution >= 0.6 is 27.3 Å². The van der Waals surface area contributed by atoms with E-state index in [4.69, 9.17) is 0 Å². The van der Waals surface area contributed by atoms with Crippen LogP contribution in [0.4, 0.5) is 0 Å². The molecule has 0 radical (unpaired) electrons. The van der Waals surface area contributed by atoms with Crippen LogP contribution < -0.4 is 5.32 Å². The van der Waals surface area contributed by atoms with Gasteiger partial charge in [0.05, 0.1) is 6.54 Å². The second kappa shape index (κ2) is 5.43. The van der Waals surface area contributed by atoms with Crippen LogP contribution in [0.3, 0.4) is 0 Å². The molecule has 0 atom stereocenters. The fourth-order valence-electron chi connectivity index (χ4n) is 2.29. The van der Waals surface area contributed by atoms with Crippen molar-refractivity contribution >= 4 is 33.2 Å². The van der Waals surface area contributed by atoms with E-state index < -0.39 is 0 Å². The summed E-state index contributed by atoms with van der Waals surface area (Å²) in [7, 11) is 0. The van der Waals surface area contributed by atoms with Crippen LogP contribution in [0.25, 0.3) is 0 Å². The van der Waals surface area contributed by atoms with Gasteiger partial charge in [0, 0.05) is 21.5 Å². The zero-order valence-electron chi connectivity index (χ0n) is 10.3. The first-order valence-corrected chi connectivity index (χ1v) is 7.83. The number of pyridine rings is 1. The highest BCUT2D eigenvalue weighted by Crippen LogP contribution is 2.30. The Morgan fingerprint density at radius 3 is 3.11 bits per heavy atom. The van der Waals surface area contributed by atoms with E-state index in [0.29, 0.717) is 16.7 Å². The molecule has 2 aromatic heterocycles. The molecule has 0 aromatic carbocycles. The fourth-order valence-corrected chi connectivity index (χ4v) is 3.86. The van der Waals surface area contributed by atoms with E-state index >= 15 is 0 Å². The number of hydrogen-bond donors (Lipinski definition) is 1. The van der Waals surface area contributed by atoms with Crippen LogP contribution in [0.2, 0.25) is 0 Å². The van der Waals surface area contributed by atoms with Crippen molar-refractivity contribution < 1.29 is 4.79 Å². The number of nitrogens with zero attached hydrogens (tertiary/aromatic N) is 1. The Morgan fingerprint density at radius 1 is 1.42 bits per heavy atom. The lowest BCUT2D eigenvalue weighted by Crippen LogP contribution is -2.22. The van der Waals surface area contributed by atoms with Gasteiger partial charge in [-0.05, 0) is 59.0 Å². The topological polar surface area (TPSA) is 42.0 Å². The van der Waals surface area contributed by atoms with Gasteiger partial charge in [0.25, 0.3) is 5.91 Å². The summed E-state index contributed by atoms with van der Waals surface area (Å²) in [5.41, 5.74) is 2.10. The van der Waals surface area contributed by atoms with E-state index in [-0.39, 0.29) is 5.91 Å². The zero-order chi connectivity index (χ0) is 13.2. The molecule has 0 bridgehead atoms. The highest BCUT2D eigenvalue weighted by atomic mass is 79.9. The molecule has 0 saturated carbocycles. The van der Waals surface area contributed by atoms with Gasteiger partial charge in [0.2, 0.25) is 0 Å². The highest BCUT2D eigenvalue weighted by Gasteiger charge is 2.15. The molecule has 0 unspecified atom stereocenters. The Hall–Kier alpha value is -1.20. The van der Waals surface area contributed by atoms with Gasteiger partial charge in [0.1, 0.15) is 4.60 Å². The molecule has 3 nitrogen and oxygen atoms in total. The first kappa shape index (κ1) is 12.8. The molecule has 3 rings (SSSR count). The number of hydrogen-bond acceptors (Lipinski definition) is 3. The molecule has 1 N–H and O–H groups in total. The van der Waals surface area contributed by atoms with E-state index in [1.165, 1.54) is 34.6 Å². The molecule has 1 aliphatic carbocycles. The number of halogens is 1. The molecule has 1 amide bonds. The predicted octanol–water partition coefficient (Wildman–Crippen LogP) is 3.32. The molecule has 98 valence electrons. The van der Waals surface area contributed by atoms with Crippen LogP contribution in [-0.2, 0) is 19.4 Å². The van der Waals surface area contributed by atoms with Gasteiger partial charge in [-0.2, -0.15) is 0 Å². The molecule has 0 fully saturated rings. The Morgan fingerprint density at radius 2 is 2.32 bits per heavy atom. The summed E-state index contributed by atoms with van der Waals surface area (Å²) in [4.78, 5) is 18.7. The van der Waals surface area contributed by atoms with Crippen molar-refractivity contribution in [2.45, 2.75) is 25.8 Å². The zero-order valence-corrected chi connectivity index (χ0v) is 12.7. The van der Waals surface area contributed by atoms with Crippen molar-refractivity contribution in [2.75, 3.05) is 0 Å². The van der Waals surface area contributed by atoms with Gasteiger partial charge >= 0.3 is 0 Å². The van der Waals surface area contributed by atoms with Crippen LogP contribution in [0, 0.1) is 0 Å². The number of rotatable bonds is 3. The summed E-state index contributed by atoms with van der Waals surface area (Å²) < 4.78 is 0.676. The normalized spacial score (nSPS) is 13.3. The third-order valence-electron chi connectivity index (χ3n) is 3.21. The van der Waals surface area contributed by atoms with E-state index in [1.807, 2.05) is 11.3 Å². The Kier molecular flexibility index (Phi) is 3.66. The number of amides is 1.